The molecule has 3 N–H and O–H groups in total. The zero-order valence-corrected chi connectivity index (χ0v) is 13.4. The predicted octanol–water partition coefficient (Wildman–Crippen LogP) is 1.22. The summed E-state index contributed by atoms with van der Waals surface area (Å²) in [5, 5.41) is 0. The van der Waals surface area contributed by atoms with Crippen LogP contribution in [0.15, 0.2) is 24.3 Å². The van der Waals surface area contributed by atoms with Crippen molar-refractivity contribution in [2.24, 2.45) is 5.73 Å². The van der Waals surface area contributed by atoms with Gasteiger partial charge in [0.15, 0.2) is 0 Å². The van der Waals surface area contributed by atoms with Crippen LogP contribution in [-0.2, 0) is 10.2 Å². The minimum atomic E-state index is -3.56. The van der Waals surface area contributed by atoms with Gasteiger partial charge in [0.25, 0.3) is 0 Å². The van der Waals surface area contributed by atoms with Crippen molar-refractivity contribution in [3.8, 4) is 0 Å². The molecule has 0 saturated carbocycles. The molecule has 0 bridgehead atoms. The third-order valence-electron chi connectivity index (χ3n) is 3.76. The molecule has 1 fully saturated rings. The van der Waals surface area contributed by atoms with Gasteiger partial charge in [-0.2, -0.15) is 12.7 Å². The van der Waals surface area contributed by atoms with Gasteiger partial charge in [-0.05, 0) is 31.0 Å². The Morgan fingerprint density at radius 2 is 2.14 bits per heavy atom. The molecule has 6 nitrogen and oxygen atoms in total. The van der Waals surface area contributed by atoms with E-state index in [1.807, 2.05) is 37.2 Å². The summed E-state index contributed by atoms with van der Waals surface area (Å²) in [6.07, 6.45) is 2.74. The summed E-state index contributed by atoms with van der Waals surface area (Å²) in [6, 6.07) is 7.24. The first-order valence-electron chi connectivity index (χ1n) is 7.21. The van der Waals surface area contributed by atoms with E-state index in [0.717, 1.165) is 24.9 Å². The Labute approximate surface area is 127 Å². The fourth-order valence-corrected chi connectivity index (χ4v) is 4.08. The quantitative estimate of drug-likeness (QED) is 0.857. The van der Waals surface area contributed by atoms with Crippen molar-refractivity contribution in [1.82, 2.24) is 4.31 Å². The number of nitrogens with two attached hydrogens (primary N) is 1. The van der Waals surface area contributed by atoms with E-state index in [0.29, 0.717) is 18.8 Å². The molecule has 1 aliphatic heterocycles. The Kier molecular flexibility index (Phi) is 5.08. The molecule has 2 rings (SSSR count). The maximum absolute atomic E-state index is 12.6. The van der Waals surface area contributed by atoms with Gasteiger partial charge in [0.1, 0.15) is 0 Å². The highest BCUT2D eigenvalue weighted by atomic mass is 32.2. The molecule has 7 heteroatoms. The smallest absolute Gasteiger partial charge is 0.301 e. The molecule has 0 spiro atoms. The van der Waals surface area contributed by atoms with Crippen molar-refractivity contribution in [3.05, 3.63) is 24.3 Å². The Balaban J connectivity index is 2.18. The third kappa shape index (κ3) is 3.87. The van der Waals surface area contributed by atoms with Gasteiger partial charge in [0.05, 0.1) is 5.69 Å². The number of rotatable bonds is 5. The van der Waals surface area contributed by atoms with Gasteiger partial charge >= 0.3 is 10.2 Å². The van der Waals surface area contributed by atoms with Gasteiger partial charge in [-0.25, -0.2) is 0 Å². The van der Waals surface area contributed by atoms with Crippen LogP contribution >= 0.6 is 0 Å². The van der Waals surface area contributed by atoms with E-state index >= 15 is 0 Å². The molecule has 1 unspecified atom stereocenters. The minimum Gasteiger partial charge on any atom is -0.378 e. The molecule has 0 aliphatic carbocycles. The van der Waals surface area contributed by atoms with Gasteiger partial charge in [-0.15, -0.1) is 0 Å². The molecule has 21 heavy (non-hydrogen) atoms. The average Bonchev–Trinajstić information content (AvgIpc) is 2.47. The van der Waals surface area contributed by atoms with Crippen LogP contribution in [0.1, 0.15) is 19.3 Å². The van der Waals surface area contributed by atoms with E-state index in [4.69, 9.17) is 5.73 Å². The van der Waals surface area contributed by atoms with Crippen LogP contribution in [0, 0.1) is 0 Å². The lowest BCUT2D eigenvalue weighted by Gasteiger charge is -2.33. The summed E-state index contributed by atoms with van der Waals surface area (Å²) >= 11 is 0. The fraction of sp³-hybridized carbons (Fsp3) is 0.571. The second-order valence-electron chi connectivity index (χ2n) is 5.55. The molecule has 0 radical (unpaired) electrons. The number of hydrogen-bond acceptors (Lipinski definition) is 4. The summed E-state index contributed by atoms with van der Waals surface area (Å²) in [5.41, 5.74) is 7.23. The van der Waals surface area contributed by atoms with Gasteiger partial charge < -0.3 is 10.6 Å². The summed E-state index contributed by atoms with van der Waals surface area (Å²) < 4.78 is 29.3. The van der Waals surface area contributed by atoms with Gasteiger partial charge in [0, 0.05) is 38.9 Å². The SMILES string of the molecule is CN(C)c1cccc(NS(=O)(=O)N2CCCCC2CN)c1. The van der Waals surface area contributed by atoms with Gasteiger partial charge in [-0.1, -0.05) is 12.5 Å². The van der Waals surface area contributed by atoms with Crippen LogP contribution in [0.3, 0.4) is 0 Å². The van der Waals surface area contributed by atoms with Crippen LogP contribution in [-0.4, -0.2) is 45.9 Å². The highest BCUT2D eigenvalue weighted by molar-refractivity contribution is 7.90. The van der Waals surface area contributed by atoms with E-state index in [9.17, 15) is 8.42 Å². The van der Waals surface area contributed by atoms with Crippen LogP contribution in [0.5, 0.6) is 0 Å². The first-order valence-corrected chi connectivity index (χ1v) is 8.65. The number of hydrogen-bond donors (Lipinski definition) is 2. The molecular formula is C14H24N4O2S. The van der Waals surface area contributed by atoms with Crippen LogP contribution in [0.2, 0.25) is 0 Å². The Bertz CT molecular complexity index is 574. The number of benzene rings is 1. The zero-order valence-electron chi connectivity index (χ0n) is 12.6. The van der Waals surface area contributed by atoms with Gasteiger partial charge in [-0.3, -0.25) is 4.72 Å². The second kappa shape index (κ2) is 6.64. The van der Waals surface area contributed by atoms with Crippen molar-refractivity contribution >= 4 is 21.6 Å². The molecule has 1 aromatic rings. The standard InChI is InChI=1S/C14H24N4O2S/c1-17(2)13-8-5-6-12(10-13)16-21(19,20)18-9-4-3-7-14(18)11-15/h5-6,8,10,14,16H,3-4,7,9,11,15H2,1-2H3. The first kappa shape index (κ1) is 16.1. The van der Waals surface area contributed by atoms with Crippen molar-refractivity contribution in [2.45, 2.75) is 25.3 Å². The Morgan fingerprint density at radius 1 is 1.38 bits per heavy atom. The predicted molar refractivity (Wildman–Crippen MR) is 86.7 cm³/mol. The second-order valence-corrected chi connectivity index (χ2v) is 7.17. The van der Waals surface area contributed by atoms with E-state index in [-0.39, 0.29) is 6.04 Å². The van der Waals surface area contributed by atoms with E-state index in [1.54, 1.807) is 6.07 Å². The Hall–Kier alpha value is -1.31. The number of piperidine rings is 1. The van der Waals surface area contributed by atoms with Crippen molar-refractivity contribution in [1.29, 1.82) is 0 Å². The molecule has 1 aliphatic rings. The minimum absolute atomic E-state index is 0.103. The molecule has 0 aromatic heterocycles. The lowest BCUT2D eigenvalue weighted by molar-refractivity contribution is 0.259. The van der Waals surface area contributed by atoms with Crippen molar-refractivity contribution in [2.75, 3.05) is 36.8 Å². The molecular weight excluding hydrogens is 288 g/mol. The molecule has 1 atom stereocenters. The third-order valence-corrected chi connectivity index (χ3v) is 5.36. The summed E-state index contributed by atoms with van der Waals surface area (Å²) in [4.78, 5) is 1.93. The fourth-order valence-electron chi connectivity index (χ4n) is 2.58. The lowest BCUT2D eigenvalue weighted by atomic mass is 10.1. The number of anilines is 2. The van der Waals surface area contributed by atoms with Crippen LogP contribution in [0.4, 0.5) is 11.4 Å². The van der Waals surface area contributed by atoms with Gasteiger partial charge in [0.2, 0.25) is 0 Å². The number of nitrogens with zero attached hydrogens (tertiary/aromatic N) is 2. The maximum Gasteiger partial charge on any atom is 0.301 e. The highest BCUT2D eigenvalue weighted by Crippen LogP contribution is 2.23. The van der Waals surface area contributed by atoms with E-state index in [1.165, 1.54) is 4.31 Å². The van der Waals surface area contributed by atoms with Crippen LogP contribution in [0.25, 0.3) is 0 Å². The van der Waals surface area contributed by atoms with E-state index < -0.39 is 10.2 Å². The van der Waals surface area contributed by atoms with Crippen LogP contribution < -0.4 is 15.4 Å². The number of nitrogens with one attached hydrogen (secondary N) is 1. The maximum atomic E-state index is 12.6. The summed E-state index contributed by atoms with van der Waals surface area (Å²) in [5.74, 6) is 0. The largest absolute Gasteiger partial charge is 0.378 e. The zero-order chi connectivity index (χ0) is 15.5. The van der Waals surface area contributed by atoms with Crippen molar-refractivity contribution < 1.29 is 8.42 Å². The topological polar surface area (TPSA) is 78.7 Å². The molecule has 1 saturated heterocycles. The normalized spacial score (nSPS) is 20.2. The molecule has 118 valence electrons. The van der Waals surface area contributed by atoms with E-state index in [2.05, 4.69) is 4.72 Å². The average molecular weight is 312 g/mol. The Morgan fingerprint density at radius 3 is 2.81 bits per heavy atom. The highest BCUT2D eigenvalue weighted by Gasteiger charge is 2.31. The molecule has 0 amide bonds. The monoisotopic (exact) mass is 312 g/mol. The summed E-state index contributed by atoms with van der Waals surface area (Å²) in [6.45, 7) is 0.892. The summed E-state index contributed by atoms with van der Waals surface area (Å²) in [7, 11) is 0.283. The molecule has 1 heterocycles. The first-order chi connectivity index (χ1) is 9.94. The molecule has 1 aromatic carbocycles. The lowest BCUT2D eigenvalue weighted by Crippen LogP contribution is -2.49. The van der Waals surface area contributed by atoms with Crippen molar-refractivity contribution in [3.63, 3.8) is 0 Å².